The number of nitrogens with two attached hydrogens (primary N) is 1. The third kappa shape index (κ3) is 1.89. The maximum atomic E-state index is 13.0. The number of aromatic nitrogens is 2. The van der Waals surface area contributed by atoms with Gasteiger partial charge in [-0.05, 0) is 19.1 Å². The van der Waals surface area contributed by atoms with Crippen LogP contribution in [-0.4, -0.2) is 10.2 Å². The molecule has 3 N–H and O–H groups in total. The van der Waals surface area contributed by atoms with Gasteiger partial charge < -0.3 is 5.73 Å². The molecule has 0 aliphatic heterocycles. The highest BCUT2D eigenvalue weighted by molar-refractivity contribution is 5.63. The average molecular weight is 205 g/mol. The lowest BCUT2D eigenvalue weighted by atomic mass is 10.0. The first kappa shape index (κ1) is 9.86. The standard InChI is InChI=1S/C11H12FN3/c1-7(13)10-6-14-15-11(10)8-3-2-4-9(12)5-8/h2-7H,13H2,1H3,(H,14,15). The summed E-state index contributed by atoms with van der Waals surface area (Å²) in [5.74, 6) is -0.266. The molecule has 0 aliphatic carbocycles. The number of benzene rings is 1. The molecule has 15 heavy (non-hydrogen) atoms. The summed E-state index contributed by atoms with van der Waals surface area (Å²) in [6.45, 7) is 1.87. The Kier molecular flexibility index (Phi) is 2.51. The minimum atomic E-state index is -0.266. The molecule has 0 saturated heterocycles. The van der Waals surface area contributed by atoms with E-state index in [9.17, 15) is 4.39 Å². The fourth-order valence-electron chi connectivity index (χ4n) is 1.52. The van der Waals surface area contributed by atoms with Gasteiger partial charge in [0.15, 0.2) is 0 Å². The molecule has 1 aromatic heterocycles. The SMILES string of the molecule is CC(N)c1cn[nH]c1-c1cccc(F)c1. The van der Waals surface area contributed by atoms with Gasteiger partial charge in [-0.3, -0.25) is 5.10 Å². The molecule has 0 bridgehead atoms. The molecule has 0 fully saturated rings. The lowest BCUT2D eigenvalue weighted by Gasteiger charge is -2.06. The maximum absolute atomic E-state index is 13.0. The van der Waals surface area contributed by atoms with Crippen LogP contribution in [0.1, 0.15) is 18.5 Å². The van der Waals surface area contributed by atoms with Crippen molar-refractivity contribution >= 4 is 0 Å². The fourth-order valence-corrected chi connectivity index (χ4v) is 1.52. The molecule has 4 heteroatoms. The van der Waals surface area contributed by atoms with E-state index in [0.717, 1.165) is 16.8 Å². The molecule has 1 unspecified atom stereocenters. The second-order valence-electron chi connectivity index (χ2n) is 3.50. The number of hydrogen-bond donors (Lipinski definition) is 2. The van der Waals surface area contributed by atoms with Gasteiger partial charge in [-0.1, -0.05) is 12.1 Å². The lowest BCUT2D eigenvalue weighted by molar-refractivity contribution is 0.628. The van der Waals surface area contributed by atoms with E-state index in [1.165, 1.54) is 12.1 Å². The summed E-state index contributed by atoms with van der Waals surface area (Å²) in [7, 11) is 0. The topological polar surface area (TPSA) is 54.7 Å². The minimum Gasteiger partial charge on any atom is -0.324 e. The Labute approximate surface area is 87.1 Å². The van der Waals surface area contributed by atoms with Gasteiger partial charge in [0.2, 0.25) is 0 Å². The Bertz CT molecular complexity index is 462. The highest BCUT2D eigenvalue weighted by atomic mass is 19.1. The minimum absolute atomic E-state index is 0.123. The summed E-state index contributed by atoms with van der Waals surface area (Å²) in [5.41, 5.74) is 8.22. The van der Waals surface area contributed by atoms with Gasteiger partial charge in [-0.25, -0.2) is 4.39 Å². The summed E-state index contributed by atoms with van der Waals surface area (Å²) in [5, 5.41) is 6.76. The van der Waals surface area contributed by atoms with Gasteiger partial charge in [0.25, 0.3) is 0 Å². The Morgan fingerprint density at radius 1 is 1.47 bits per heavy atom. The average Bonchev–Trinajstić information content (AvgIpc) is 2.65. The summed E-state index contributed by atoms with van der Waals surface area (Å²) >= 11 is 0. The van der Waals surface area contributed by atoms with E-state index in [1.807, 2.05) is 13.0 Å². The molecule has 0 spiro atoms. The molecule has 3 nitrogen and oxygen atoms in total. The van der Waals surface area contributed by atoms with E-state index >= 15 is 0 Å². The molecule has 0 radical (unpaired) electrons. The van der Waals surface area contributed by atoms with Crippen LogP contribution in [0, 0.1) is 5.82 Å². The van der Waals surface area contributed by atoms with Crippen LogP contribution >= 0.6 is 0 Å². The number of nitrogens with zero attached hydrogens (tertiary/aromatic N) is 1. The first-order chi connectivity index (χ1) is 7.18. The normalized spacial score (nSPS) is 12.7. The number of aromatic amines is 1. The Balaban J connectivity index is 2.49. The van der Waals surface area contributed by atoms with Crippen molar-refractivity contribution in [2.45, 2.75) is 13.0 Å². The summed E-state index contributed by atoms with van der Waals surface area (Å²) in [6, 6.07) is 6.23. The van der Waals surface area contributed by atoms with Crippen molar-refractivity contribution in [3.8, 4) is 11.3 Å². The second-order valence-corrected chi connectivity index (χ2v) is 3.50. The largest absolute Gasteiger partial charge is 0.324 e. The molecule has 78 valence electrons. The summed E-state index contributed by atoms with van der Waals surface area (Å²) in [6.07, 6.45) is 1.67. The number of rotatable bonds is 2. The fraction of sp³-hybridized carbons (Fsp3) is 0.182. The molecule has 0 saturated carbocycles. The summed E-state index contributed by atoms with van der Waals surface area (Å²) in [4.78, 5) is 0. The number of hydrogen-bond acceptors (Lipinski definition) is 2. The molecule has 2 aromatic rings. The number of H-pyrrole nitrogens is 1. The van der Waals surface area contributed by atoms with Crippen molar-refractivity contribution in [3.05, 3.63) is 41.8 Å². The Morgan fingerprint density at radius 2 is 2.27 bits per heavy atom. The van der Waals surface area contributed by atoms with Crippen molar-refractivity contribution in [2.75, 3.05) is 0 Å². The van der Waals surface area contributed by atoms with Gasteiger partial charge >= 0.3 is 0 Å². The highest BCUT2D eigenvalue weighted by Gasteiger charge is 2.11. The van der Waals surface area contributed by atoms with E-state index in [-0.39, 0.29) is 11.9 Å². The molecule has 1 atom stereocenters. The van der Waals surface area contributed by atoms with Crippen LogP contribution in [-0.2, 0) is 0 Å². The van der Waals surface area contributed by atoms with E-state index in [1.54, 1.807) is 12.3 Å². The third-order valence-corrected chi connectivity index (χ3v) is 2.27. The molecule has 1 heterocycles. The van der Waals surface area contributed by atoms with Crippen molar-refractivity contribution in [3.63, 3.8) is 0 Å². The van der Waals surface area contributed by atoms with Crippen molar-refractivity contribution in [1.29, 1.82) is 0 Å². The monoisotopic (exact) mass is 205 g/mol. The Morgan fingerprint density at radius 3 is 2.93 bits per heavy atom. The predicted molar refractivity (Wildman–Crippen MR) is 56.6 cm³/mol. The molecular weight excluding hydrogens is 193 g/mol. The van der Waals surface area contributed by atoms with Crippen LogP contribution in [0.2, 0.25) is 0 Å². The number of nitrogens with one attached hydrogen (secondary N) is 1. The lowest BCUT2D eigenvalue weighted by Crippen LogP contribution is -2.05. The maximum Gasteiger partial charge on any atom is 0.123 e. The third-order valence-electron chi connectivity index (χ3n) is 2.27. The van der Waals surface area contributed by atoms with Crippen LogP contribution in [0.5, 0.6) is 0 Å². The smallest absolute Gasteiger partial charge is 0.123 e. The van der Waals surface area contributed by atoms with E-state index < -0.39 is 0 Å². The van der Waals surface area contributed by atoms with Crippen molar-refractivity contribution < 1.29 is 4.39 Å². The van der Waals surface area contributed by atoms with Crippen LogP contribution < -0.4 is 5.73 Å². The van der Waals surface area contributed by atoms with Crippen LogP contribution in [0.3, 0.4) is 0 Å². The zero-order valence-corrected chi connectivity index (χ0v) is 8.37. The molecule has 0 aliphatic rings. The predicted octanol–water partition coefficient (Wildman–Crippen LogP) is 2.24. The van der Waals surface area contributed by atoms with Gasteiger partial charge in [-0.15, -0.1) is 0 Å². The van der Waals surface area contributed by atoms with Crippen molar-refractivity contribution in [1.82, 2.24) is 10.2 Å². The van der Waals surface area contributed by atoms with Gasteiger partial charge in [0.1, 0.15) is 5.82 Å². The first-order valence-corrected chi connectivity index (χ1v) is 4.73. The van der Waals surface area contributed by atoms with E-state index in [2.05, 4.69) is 10.2 Å². The van der Waals surface area contributed by atoms with Gasteiger partial charge in [-0.2, -0.15) is 5.10 Å². The first-order valence-electron chi connectivity index (χ1n) is 4.73. The second kappa shape index (κ2) is 3.82. The number of halogens is 1. The quantitative estimate of drug-likeness (QED) is 0.789. The van der Waals surface area contributed by atoms with Crippen LogP contribution in [0.25, 0.3) is 11.3 Å². The zero-order chi connectivity index (χ0) is 10.8. The van der Waals surface area contributed by atoms with E-state index in [4.69, 9.17) is 5.73 Å². The zero-order valence-electron chi connectivity index (χ0n) is 8.37. The van der Waals surface area contributed by atoms with Gasteiger partial charge in [0, 0.05) is 17.2 Å². The van der Waals surface area contributed by atoms with Crippen LogP contribution in [0.4, 0.5) is 4.39 Å². The van der Waals surface area contributed by atoms with Gasteiger partial charge in [0.05, 0.1) is 11.9 Å². The Hall–Kier alpha value is -1.68. The molecular formula is C11H12FN3. The molecule has 1 aromatic carbocycles. The molecule has 0 amide bonds. The highest BCUT2D eigenvalue weighted by Crippen LogP contribution is 2.24. The van der Waals surface area contributed by atoms with Crippen molar-refractivity contribution in [2.24, 2.45) is 5.73 Å². The van der Waals surface area contributed by atoms with Crippen LogP contribution in [0.15, 0.2) is 30.5 Å². The molecule has 2 rings (SSSR count). The van der Waals surface area contributed by atoms with E-state index in [0.29, 0.717) is 0 Å². The summed E-state index contributed by atoms with van der Waals surface area (Å²) < 4.78 is 13.0.